The number of halogens is 2. The van der Waals surface area contributed by atoms with Gasteiger partial charge < -0.3 is 9.64 Å². The lowest BCUT2D eigenvalue weighted by molar-refractivity contribution is -0.172. The average molecular weight is 437 g/mol. The Hall–Kier alpha value is -2.82. The van der Waals surface area contributed by atoms with Gasteiger partial charge in [-0.1, -0.05) is 12.1 Å². The van der Waals surface area contributed by atoms with E-state index in [1.807, 2.05) is 15.9 Å². The lowest BCUT2D eigenvalue weighted by Gasteiger charge is -2.47. The molecule has 3 fully saturated rings. The van der Waals surface area contributed by atoms with Crippen LogP contribution in [0.15, 0.2) is 36.4 Å². The van der Waals surface area contributed by atoms with Gasteiger partial charge in [-0.3, -0.25) is 9.69 Å². The molecule has 1 spiro atoms. The van der Waals surface area contributed by atoms with Crippen molar-refractivity contribution >= 4 is 5.91 Å². The summed E-state index contributed by atoms with van der Waals surface area (Å²) in [4.78, 5) is 16.2. The molecule has 2 aromatic rings. The van der Waals surface area contributed by atoms with Gasteiger partial charge in [-0.2, -0.15) is 5.26 Å². The molecular formula is C25H25F2N3O2. The van der Waals surface area contributed by atoms with Crippen LogP contribution in [-0.2, 0) is 16.1 Å². The molecule has 2 aliphatic heterocycles. The minimum atomic E-state index is -0.581. The monoisotopic (exact) mass is 437 g/mol. The molecule has 1 saturated carbocycles. The molecule has 0 atom stereocenters. The highest BCUT2D eigenvalue weighted by Gasteiger charge is 2.46. The first-order valence-electron chi connectivity index (χ1n) is 11.1. The molecule has 7 heteroatoms. The summed E-state index contributed by atoms with van der Waals surface area (Å²) < 4.78 is 35.7. The Kier molecular flexibility index (Phi) is 5.44. The molecule has 0 bridgehead atoms. The molecule has 0 radical (unpaired) electrons. The van der Waals surface area contributed by atoms with Crippen LogP contribution in [0.3, 0.4) is 0 Å². The van der Waals surface area contributed by atoms with Crippen molar-refractivity contribution in [1.82, 2.24) is 9.80 Å². The van der Waals surface area contributed by atoms with Crippen LogP contribution in [0.4, 0.5) is 8.78 Å². The maximum Gasteiger partial charge on any atom is 0.248 e. The molecule has 0 N–H and O–H groups in total. The van der Waals surface area contributed by atoms with Crippen molar-refractivity contribution in [1.29, 1.82) is 5.26 Å². The number of rotatable bonds is 4. The van der Waals surface area contributed by atoms with Crippen molar-refractivity contribution in [2.45, 2.75) is 43.9 Å². The van der Waals surface area contributed by atoms with E-state index >= 15 is 0 Å². The van der Waals surface area contributed by atoms with Gasteiger partial charge >= 0.3 is 0 Å². The van der Waals surface area contributed by atoms with Crippen LogP contribution in [0.5, 0.6) is 0 Å². The molecule has 2 aromatic carbocycles. The summed E-state index contributed by atoms with van der Waals surface area (Å²) in [7, 11) is 0. The summed E-state index contributed by atoms with van der Waals surface area (Å²) in [6.45, 7) is 2.28. The molecular weight excluding hydrogens is 412 g/mol. The third-order valence-corrected chi connectivity index (χ3v) is 6.88. The minimum Gasteiger partial charge on any atom is -0.363 e. The third kappa shape index (κ3) is 4.13. The van der Waals surface area contributed by atoms with Crippen LogP contribution < -0.4 is 0 Å². The molecule has 5 nitrogen and oxygen atoms in total. The molecule has 5 rings (SSSR count). The zero-order chi connectivity index (χ0) is 22.3. The largest absolute Gasteiger partial charge is 0.363 e. The Morgan fingerprint density at radius 3 is 2.47 bits per heavy atom. The fourth-order valence-corrected chi connectivity index (χ4v) is 4.79. The van der Waals surface area contributed by atoms with E-state index in [1.54, 1.807) is 24.3 Å². The summed E-state index contributed by atoms with van der Waals surface area (Å²) in [5, 5.41) is 9.06. The summed E-state index contributed by atoms with van der Waals surface area (Å²) in [6.07, 6.45) is 3.63. The molecule has 2 saturated heterocycles. The van der Waals surface area contributed by atoms with E-state index in [0.717, 1.165) is 25.7 Å². The molecule has 0 aromatic heterocycles. The minimum absolute atomic E-state index is 0.0560. The van der Waals surface area contributed by atoms with Gasteiger partial charge in [-0.05, 0) is 61.1 Å². The van der Waals surface area contributed by atoms with Crippen molar-refractivity contribution in [3.8, 4) is 17.2 Å². The normalized spacial score (nSPS) is 21.0. The highest BCUT2D eigenvalue weighted by molar-refractivity contribution is 5.79. The van der Waals surface area contributed by atoms with Gasteiger partial charge in [0.1, 0.15) is 18.2 Å². The summed E-state index contributed by atoms with van der Waals surface area (Å²) in [5.74, 6) is -1.09. The number of benzene rings is 2. The van der Waals surface area contributed by atoms with Crippen molar-refractivity contribution in [3.63, 3.8) is 0 Å². The topological polar surface area (TPSA) is 56.6 Å². The predicted octanol–water partition coefficient (Wildman–Crippen LogP) is 3.86. The van der Waals surface area contributed by atoms with E-state index < -0.39 is 11.6 Å². The summed E-state index contributed by atoms with van der Waals surface area (Å²) >= 11 is 0. The van der Waals surface area contributed by atoms with Gasteiger partial charge in [-0.15, -0.1) is 0 Å². The Balaban J connectivity index is 1.26. The lowest BCUT2D eigenvalue weighted by atomic mass is 9.89. The van der Waals surface area contributed by atoms with Gasteiger partial charge in [0.15, 0.2) is 0 Å². The smallest absolute Gasteiger partial charge is 0.248 e. The van der Waals surface area contributed by atoms with E-state index in [9.17, 15) is 13.6 Å². The maximum absolute atomic E-state index is 14.9. The molecule has 1 amide bonds. The molecule has 3 aliphatic rings. The molecule has 1 aliphatic carbocycles. The second kappa shape index (κ2) is 8.27. The van der Waals surface area contributed by atoms with E-state index in [1.165, 1.54) is 12.1 Å². The molecule has 2 heterocycles. The van der Waals surface area contributed by atoms with Crippen molar-refractivity contribution in [2.75, 3.05) is 26.2 Å². The number of carbonyl (C=O) groups is 1. The number of morpholine rings is 1. The van der Waals surface area contributed by atoms with Crippen LogP contribution in [0, 0.1) is 23.0 Å². The van der Waals surface area contributed by atoms with Crippen LogP contribution in [0.1, 0.15) is 36.8 Å². The van der Waals surface area contributed by atoms with Gasteiger partial charge in [0.05, 0.1) is 23.8 Å². The van der Waals surface area contributed by atoms with Gasteiger partial charge in [0.25, 0.3) is 0 Å². The maximum atomic E-state index is 14.9. The average Bonchev–Trinajstić information content (AvgIpc) is 3.65. The van der Waals surface area contributed by atoms with Gasteiger partial charge in [-0.25, -0.2) is 8.78 Å². The standard InChI is InChI=1S/C25H25F2N3O2/c26-22-11-19(18-3-1-2-17(10-18)13-28)12-23(27)21(22)14-29-8-6-25(7-9-29)16-30(20-4-5-20)24(31)15-32-25/h1-3,10-12,20H,4-9,14-16H2. The number of carbonyl (C=O) groups excluding carboxylic acids is 1. The number of nitrogens with zero attached hydrogens (tertiary/aromatic N) is 3. The summed E-state index contributed by atoms with van der Waals surface area (Å²) in [6, 6.07) is 11.8. The predicted molar refractivity (Wildman–Crippen MR) is 114 cm³/mol. The number of hydrogen-bond acceptors (Lipinski definition) is 4. The van der Waals surface area contributed by atoms with E-state index in [4.69, 9.17) is 10.00 Å². The Morgan fingerprint density at radius 2 is 1.81 bits per heavy atom. The molecule has 32 heavy (non-hydrogen) atoms. The zero-order valence-corrected chi connectivity index (χ0v) is 17.8. The van der Waals surface area contributed by atoms with Gasteiger partial charge in [0.2, 0.25) is 5.91 Å². The highest BCUT2D eigenvalue weighted by atomic mass is 19.1. The highest BCUT2D eigenvalue weighted by Crippen LogP contribution is 2.37. The lowest BCUT2D eigenvalue weighted by Crippen LogP contribution is -2.59. The quantitative estimate of drug-likeness (QED) is 0.729. The third-order valence-electron chi connectivity index (χ3n) is 6.88. The van der Waals surface area contributed by atoms with E-state index in [2.05, 4.69) is 0 Å². The first-order chi connectivity index (χ1) is 15.5. The molecule has 166 valence electrons. The van der Waals surface area contributed by atoms with Crippen molar-refractivity contribution < 1.29 is 18.3 Å². The first-order valence-corrected chi connectivity index (χ1v) is 11.1. The van der Waals surface area contributed by atoms with E-state index in [-0.39, 0.29) is 30.2 Å². The zero-order valence-electron chi connectivity index (χ0n) is 17.8. The summed E-state index contributed by atoms with van der Waals surface area (Å²) in [5.41, 5.74) is 1.19. The van der Waals surface area contributed by atoms with Crippen LogP contribution >= 0.6 is 0 Å². The second-order valence-corrected chi connectivity index (χ2v) is 9.11. The Labute approximate surface area is 186 Å². The number of nitriles is 1. The number of likely N-dealkylation sites (tertiary alicyclic amines) is 1. The SMILES string of the molecule is N#Cc1cccc(-c2cc(F)c(CN3CCC4(CC3)CN(C3CC3)C(=O)CO4)c(F)c2)c1. The fraction of sp³-hybridized carbons (Fsp3) is 0.440. The Bertz CT molecular complexity index is 1060. The van der Waals surface area contributed by atoms with Crippen molar-refractivity contribution in [3.05, 3.63) is 59.2 Å². The number of hydrogen-bond donors (Lipinski definition) is 0. The second-order valence-electron chi connectivity index (χ2n) is 9.11. The molecule has 0 unspecified atom stereocenters. The fourth-order valence-electron chi connectivity index (χ4n) is 4.79. The first kappa shape index (κ1) is 21.0. The number of piperidine rings is 1. The van der Waals surface area contributed by atoms with Crippen LogP contribution in [0.2, 0.25) is 0 Å². The van der Waals surface area contributed by atoms with Gasteiger partial charge in [0, 0.05) is 31.2 Å². The van der Waals surface area contributed by atoms with Crippen LogP contribution in [-0.4, -0.2) is 53.6 Å². The van der Waals surface area contributed by atoms with Crippen LogP contribution in [0.25, 0.3) is 11.1 Å². The number of ether oxygens (including phenoxy) is 1. The Morgan fingerprint density at radius 1 is 1.09 bits per heavy atom. The van der Waals surface area contributed by atoms with E-state index in [0.29, 0.717) is 42.4 Å². The number of amides is 1. The van der Waals surface area contributed by atoms with Crippen molar-refractivity contribution in [2.24, 2.45) is 0 Å².